The van der Waals surface area contributed by atoms with Gasteiger partial charge in [-0.1, -0.05) is 35.0 Å². The maximum absolute atomic E-state index is 13.4. The van der Waals surface area contributed by atoms with E-state index in [4.69, 9.17) is 11.6 Å². The van der Waals surface area contributed by atoms with Crippen molar-refractivity contribution >= 4 is 23.4 Å². The molecule has 2 rings (SSSR count). The van der Waals surface area contributed by atoms with Gasteiger partial charge >= 0.3 is 17.8 Å². The summed E-state index contributed by atoms with van der Waals surface area (Å²) in [7, 11) is 0. The van der Waals surface area contributed by atoms with Crippen molar-refractivity contribution in [2.45, 2.75) is 24.7 Å². The summed E-state index contributed by atoms with van der Waals surface area (Å²) >= 11 is 5.69. The van der Waals surface area contributed by atoms with Crippen LogP contribution in [-0.4, -0.2) is 28.5 Å². The van der Waals surface area contributed by atoms with Crippen LogP contribution >= 0.6 is 11.6 Å². The zero-order valence-electron chi connectivity index (χ0n) is 11.2. The summed E-state index contributed by atoms with van der Waals surface area (Å²) in [5, 5.41) is 14.6. The molecule has 9 heteroatoms. The Bertz CT molecular complexity index is 643. The van der Waals surface area contributed by atoms with Gasteiger partial charge in [0.05, 0.1) is 0 Å². The maximum Gasteiger partial charge on any atom is 0.442 e. The van der Waals surface area contributed by atoms with Crippen molar-refractivity contribution in [1.29, 1.82) is 0 Å². The molecule has 1 aliphatic rings. The molecular weight excluding hydrogens is 325 g/mol. The Hall–Kier alpha value is -2.09. The van der Waals surface area contributed by atoms with E-state index in [9.17, 15) is 23.3 Å². The van der Waals surface area contributed by atoms with Gasteiger partial charge in [-0.3, -0.25) is 10.1 Å². The van der Waals surface area contributed by atoms with E-state index in [1.807, 2.05) is 0 Å². The minimum Gasteiger partial charge on any atom is -0.367 e. The van der Waals surface area contributed by atoms with Crippen LogP contribution in [-0.2, 0) is 4.84 Å². The van der Waals surface area contributed by atoms with E-state index in [0.717, 1.165) is 13.0 Å². The van der Waals surface area contributed by atoms with Gasteiger partial charge < -0.3 is 4.84 Å². The van der Waals surface area contributed by atoms with Crippen molar-refractivity contribution in [2.24, 2.45) is 5.16 Å². The molecule has 0 spiro atoms. The second-order valence-electron chi connectivity index (χ2n) is 4.69. The van der Waals surface area contributed by atoms with Crippen molar-refractivity contribution in [3.63, 3.8) is 0 Å². The Morgan fingerprint density at radius 1 is 1.41 bits per heavy atom. The second-order valence-corrected chi connectivity index (χ2v) is 5.12. The largest absolute Gasteiger partial charge is 0.442 e. The molecule has 0 fully saturated rings. The molecule has 1 aromatic rings. The molecule has 2 atom stereocenters. The highest BCUT2D eigenvalue weighted by atomic mass is 35.5. The predicted octanol–water partition coefficient (Wildman–Crippen LogP) is 3.71. The molecule has 1 aliphatic heterocycles. The average molecular weight is 335 g/mol. The first-order chi connectivity index (χ1) is 10.2. The summed E-state index contributed by atoms with van der Waals surface area (Å²) < 4.78 is 40.2. The van der Waals surface area contributed by atoms with Crippen LogP contribution in [0.2, 0.25) is 5.02 Å². The third kappa shape index (κ3) is 2.78. The molecular formula is C13H10ClF3N2O3. The molecule has 0 unspecified atom stereocenters. The fourth-order valence-electron chi connectivity index (χ4n) is 2.08. The van der Waals surface area contributed by atoms with Crippen LogP contribution in [0.1, 0.15) is 12.5 Å². The van der Waals surface area contributed by atoms with Crippen molar-refractivity contribution in [3.05, 3.63) is 51.0 Å². The number of rotatable bonds is 3. The Morgan fingerprint density at radius 3 is 2.50 bits per heavy atom. The van der Waals surface area contributed by atoms with Gasteiger partial charge in [0.1, 0.15) is 5.71 Å². The topological polar surface area (TPSA) is 64.7 Å². The second kappa shape index (κ2) is 5.60. The number of alkyl halides is 3. The summed E-state index contributed by atoms with van der Waals surface area (Å²) in [6, 6.07) is 3.81. The molecule has 22 heavy (non-hydrogen) atoms. The first kappa shape index (κ1) is 16.3. The average Bonchev–Trinajstić information content (AvgIpc) is 2.76. The normalized spacial score (nSPS) is 25.1. The fourth-order valence-corrected chi connectivity index (χ4v) is 2.21. The summed E-state index contributed by atoms with van der Waals surface area (Å²) in [6.45, 7) is 1.12. The molecule has 0 aliphatic carbocycles. The number of halogens is 4. The minimum atomic E-state index is -5.01. The van der Waals surface area contributed by atoms with Crippen LogP contribution < -0.4 is 0 Å². The molecule has 0 saturated carbocycles. The van der Waals surface area contributed by atoms with E-state index in [0.29, 0.717) is 16.7 Å². The van der Waals surface area contributed by atoms with E-state index in [-0.39, 0.29) is 5.71 Å². The van der Waals surface area contributed by atoms with E-state index >= 15 is 0 Å². The lowest BCUT2D eigenvalue weighted by Gasteiger charge is -2.27. The highest BCUT2D eigenvalue weighted by Gasteiger charge is 2.70. The van der Waals surface area contributed by atoms with E-state index in [1.165, 1.54) is 24.3 Å². The standard InChI is InChI=1S/C13H10ClF3N2O3/c1-8-11(19(20)21)12(22-18-8,13(15,16)17)7-6-9-2-4-10(14)5-3-9/h2-7,11H,1H3/b7-6+/t11-,12-/m0/s1. The van der Waals surface area contributed by atoms with E-state index < -0.39 is 22.7 Å². The molecule has 118 valence electrons. The van der Waals surface area contributed by atoms with Crippen molar-refractivity contribution in [3.8, 4) is 0 Å². The number of hydrogen-bond acceptors (Lipinski definition) is 4. The summed E-state index contributed by atoms with van der Waals surface area (Å²) in [6.07, 6.45) is -3.30. The molecule has 0 radical (unpaired) electrons. The van der Waals surface area contributed by atoms with Gasteiger partial charge in [-0.25, -0.2) is 0 Å². The van der Waals surface area contributed by atoms with Crippen molar-refractivity contribution in [2.75, 3.05) is 0 Å². The predicted molar refractivity (Wildman–Crippen MR) is 74.2 cm³/mol. The third-order valence-corrected chi connectivity index (χ3v) is 3.44. The van der Waals surface area contributed by atoms with E-state index in [2.05, 4.69) is 9.99 Å². The Morgan fingerprint density at radius 2 is 2.00 bits per heavy atom. The molecule has 1 aromatic carbocycles. The molecule has 0 bridgehead atoms. The SMILES string of the molecule is CC1=NO[C@](/C=C/c2ccc(Cl)cc2)(C(F)(F)F)[C@H]1[N+](=O)[O-]. The summed E-state index contributed by atoms with van der Waals surface area (Å²) in [5.74, 6) is 0. The van der Waals surface area contributed by atoms with Crippen molar-refractivity contribution in [1.82, 2.24) is 0 Å². The quantitative estimate of drug-likeness (QED) is 0.625. The van der Waals surface area contributed by atoms with Crippen LogP contribution in [0.25, 0.3) is 6.08 Å². The maximum atomic E-state index is 13.4. The Labute approximate surface area is 128 Å². The number of benzene rings is 1. The van der Waals surface area contributed by atoms with Gasteiger partial charge in [-0.15, -0.1) is 0 Å². The summed E-state index contributed by atoms with van der Waals surface area (Å²) in [4.78, 5) is 14.4. The molecule has 1 heterocycles. The van der Waals surface area contributed by atoms with Crippen LogP contribution in [0.5, 0.6) is 0 Å². The molecule has 0 saturated heterocycles. The molecule has 5 nitrogen and oxygen atoms in total. The lowest BCUT2D eigenvalue weighted by Crippen LogP contribution is -2.56. The third-order valence-electron chi connectivity index (χ3n) is 3.19. The highest BCUT2D eigenvalue weighted by Crippen LogP contribution is 2.43. The molecule has 0 aromatic heterocycles. The zero-order valence-corrected chi connectivity index (χ0v) is 11.9. The van der Waals surface area contributed by atoms with Gasteiger partial charge in [0.2, 0.25) is 0 Å². The number of hydrogen-bond donors (Lipinski definition) is 0. The molecule has 0 N–H and O–H groups in total. The lowest BCUT2D eigenvalue weighted by atomic mass is 9.90. The van der Waals surface area contributed by atoms with Crippen molar-refractivity contribution < 1.29 is 22.9 Å². The van der Waals surface area contributed by atoms with Crippen LogP contribution in [0.4, 0.5) is 13.2 Å². The van der Waals surface area contributed by atoms with Gasteiger partial charge in [0, 0.05) is 9.95 Å². The molecule has 0 amide bonds. The van der Waals surface area contributed by atoms with Crippen LogP contribution in [0.15, 0.2) is 35.5 Å². The van der Waals surface area contributed by atoms with Gasteiger partial charge in [0.15, 0.2) is 0 Å². The minimum absolute atomic E-state index is 0.344. The Kier molecular flexibility index (Phi) is 4.15. The monoisotopic (exact) mass is 334 g/mol. The summed E-state index contributed by atoms with van der Waals surface area (Å²) in [5.41, 5.74) is -3.08. The van der Waals surface area contributed by atoms with Crippen LogP contribution in [0, 0.1) is 10.1 Å². The lowest BCUT2D eigenvalue weighted by molar-refractivity contribution is -0.531. The fraction of sp³-hybridized carbons (Fsp3) is 0.308. The number of nitro groups is 1. The van der Waals surface area contributed by atoms with Gasteiger partial charge in [-0.2, -0.15) is 13.2 Å². The van der Waals surface area contributed by atoms with E-state index in [1.54, 1.807) is 0 Å². The number of nitrogens with zero attached hydrogens (tertiary/aromatic N) is 2. The van der Waals surface area contributed by atoms with Gasteiger partial charge in [0.25, 0.3) is 0 Å². The smallest absolute Gasteiger partial charge is 0.367 e. The zero-order chi connectivity index (χ0) is 16.5. The first-order valence-corrected chi connectivity index (χ1v) is 6.43. The van der Waals surface area contributed by atoms with Crippen LogP contribution in [0.3, 0.4) is 0 Å². The Balaban J connectivity index is 2.44. The first-order valence-electron chi connectivity index (χ1n) is 6.05. The van der Waals surface area contributed by atoms with Gasteiger partial charge in [-0.05, 0) is 30.7 Å². The highest BCUT2D eigenvalue weighted by molar-refractivity contribution is 6.30. The number of oxime groups is 1.